The molecule has 0 amide bonds. The van der Waals surface area contributed by atoms with E-state index in [-0.39, 0.29) is 12.4 Å². The Morgan fingerprint density at radius 1 is 1.29 bits per heavy atom. The second kappa shape index (κ2) is 5.47. The van der Waals surface area contributed by atoms with Gasteiger partial charge < -0.3 is 15.7 Å². The average Bonchev–Trinajstić information content (AvgIpc) is 2.39. The van der Waals surface area contributed by atoms with Gasteiger partial charge >= 0.3 is 0 Å². The van der Waals surface area contributed by atoms with Crippen molar-refractivity contribution in [2.75, 3.05) is 24.6 Å². The number of nitrogens with zero attached hydrogens (tertiary/aromatic N) is 1. The van der Waals surface area contributed by atoms with Crippen molar-refractivity contribution in [1.29, 1.82) is 0 Å². The van der Waals surface area contributed by atoms with Crippen molar-refractivity contribution in [1.82, 2.24) is 0 Å². The lowest BCUT2D eigenvalue weighted by Crippen LogP contribution is -2.29. The molecule has 0 radical (unpaired) electrons. The molecular formula is C13H19FN2O. The molecule has 0 bridgehead atoms. The quantitative estimate of drug-likeness (QED) is 0.844. The summed E-state index contributed by atoms with van der Waals surface area (Å²) in [6.07, 6.45) is 3.59. The van der Waals surface area contributed by atoms with E-state index in [1.165, 1.54) is 25.3 Å². The minimum Gasteiger partial charge on any atom is -0.394 e. The summed E-state index contributed by atoms with van der Waals surface area (Å²) < 4.78 is 13.8. The monoisotopic (exact) mass is 238 g/mol. The molecular weight excluding hydrogens is 219 g/mol. The molecule has 1 aromatic rings. The van der Waals surface area contributed by atoms with Crippen LogP contribution in [-0.2, 0) is 0 Å². The van der Waals surface area contributed by atoms with E-state index < -0.39 is 6.04 Å². The van der Waals surface area contributed by atoms with Gasteiger partial charge in [0.15, 0.2) is 0 Å². The van der Waals surface area contributed by atoms with Gasteiger partial charge in [-0.3, -0.25) is 0 Å². The van der Waals surface area contributed by atoms with Crippen LogP contribution in [0.5, 0.6) is 0 Å². The standard InChI is InChI=1S/C13H19FN2O/c14-12-8-10(16-6-2-1-3-7-16)4-5-11(12)13(15)9-17/h4-5,8,13,17H,1-3,6-7,9,15H2/t13-/m1/s1. The molecule has 0 saturated carbocycles. The molecule has 1 fully saturated rings. The van der Waals surface area contributed by atoms with Crippen LogP contribution in [0.1, 0.15) is 30.9 Å². The molecule has 0 aliphatic carbocycles. The second-order valence-corrected chi connectivity index (χ2v) is 4.54. The van der Waals surface area contributed by atoms with Crippen molar-refractivity contribution in [2.24, 2.45) is 5.73 Å². The predicted octanol–water partition coefficient (Wildman–Crippen LogP) is 1.81. The fourth-order valence-electron chi connectivity index (χ4n) is 2.26. The van der Waals surface area contributed by atoms with Crippen LogP contribution in [0.4, 0.5) is 10.1 Å². The summed E-state index contributed by atoms with van der Waals surface area (Å²) >= 11 is 0. The lowest BCUT2D eigenvalue weighted by Gasteiger charge is -2.29. The average molecular weight is 238 g/mol. The highest BCUT2D eigenvalue weighted by Gasteiger charge is 2.15. The maximum absolute atomic E-state index is 13.8. The number of rotatable bonds is 3. The Labute approximate surface area is 101 Å². The predicted molar refractivity (Wildman–Crippen MR) is 66.5 cm³/mol. The van der Waals surface area contributed by atoms with Crippen LogP contribution < -0.4 is 10.6 Å². The molecule has 4 heteroatoms. The van der Waals surface area contributed by atoms with Gasteiger partial charge in [0.2, 0.25) is 0 Å². The van der Waals surface area contributed by atoms with Gasteiger partial charge in [-0.15, -0.1) is 0 Å². The molecule has 1 aromatic carbocycles. The van der Waals surface area contributed by atoms with E-state index in [1.54, 1.807) is 6.07 Å². The smallest absolute Gasteiger partial charge is 0.130 e. The first kappa shape index (κ1) is 12.3. The number of nitrogens with two attached hydrogens (primary N) is 1. The zero-order chi connectivity index (χ0) is 12.3. The highest BCUT2D eigenvalue weighted by Crippen LogP contribution is 2.24. The Hall–Kier alpha value is -1.13. The molecule has 0 aromatic heterocycles. The molecule has 94 valence electrons. The van der Waals surface area contributed by atoms with Gasteiger partial charge in [0, 0.05) is 24.3 Å². The first-order valence-electron chi connectivity index (χ1n) is 6.13. The third-order valence-corrected chi connectivity index (χ3v) is 3.30. The molecule has 3 N–H and O–H groups in total. The topological polar surface area (TPSA) is 49.5 Å². The number of halogens is 1. The van der Waals surface area contributed by atoms with E-state index in [2.05, 4.69) is 4.90 Å². The molecule has 1 saturated heterocycles. The minimum absolute atomic E-state index is 0.236. The van der Waals surface area contributed by atoms with E-state index >= 15 is 0 Å². The van der Waals surface area contributed by atoms with Crippen LogP contribution in [0.2, 0.25) is 0 Å². The Morgan fingerprint density at radius 3 is 2.59 bits per heavy atom. The zero-order valence-corrected chi connectivity index (χ0v) is 9.90. The Kier molecular flexibility index (Phi) is 3.97. The lowest BCUT2D eigenvalue weighted by atomic mass is 10.1. The second-order valence-electron chi connectivity index (χ2n) is 4.54. The van der Waals surface area contributed by atoms with Crippen molar-refractivity contribution in [3.05, 3.63) is 29.6 Å². The molecule has 1 atom stereocenters. The molecule has 1 aliphatic rings. The van der Waals surface area contributed by atoms with E-state index in [0.717, 1.165) is 18.8 Å². The molecule has 0 spiro atoms. The van der Waals surface area contributed by atoms with Crippen molar-refractivity contribution >= 4 is 5.69 Å². The SMILES string of the molecule is N[C@H](CO)c1ccc(N2CCCCC2)cc1F. The highest BCUT2D eigenvalue weighted by molar-refractivity contribution is 5.49. The van der Waals surface area contributed by atoms with Crippen molar-refractivity contribution < 1.29 is 9.50 Å². The summed E-state index contributed by atoms with van der Waals surface area (Å²) in [6, 6.07) is 4.46. The first-order chi connectivity index (χ1) is 8.22. The number of hydrogen-bond acceptors (Lipinski definition) is 3. The normalized spacial score (nSPS) is 18.2. The van der Waals surface area contributed by atoms with Gasteiger partial charge in [-0.25, -0.2) is 4.39 Å². The molecule has 1 heterocycles. The maximum atomic E-state index is 13.8. The summed E-state index contributed by atoms with van der Waals surface area (Å²) in [5.41, 5.74) is 6.92. The van der Waals surface area contributed by atoms with Gasteiger partial charge in [0.05, 0.1) is 12.6 Å². The summed E-state index contributed by atoms with van der Waals surface area (Å²) in [5, 5.41) is 8.93. The van der Waals surface area contributed by atoms with Crippen LogP contribution in [0.3, 0.4) is 0 Å². The Morgan fingerprint density at radius 2 is 2.00 bits per heavy atom. The third-order valence-electron chi connectivity index (χ3n) is 3.30. The van der Waals surface area contributed by atoms with Gasteiger partial charge in [0.25, 0.3) is 0 Å². The number of piperidine rings is 1. The van der Waals surface area contributed by atoms with Crippen LogP contribution in [0, 0.1) is 5.82 Å². The van der Waals surface area contributed by atoms with E-state index in [1.807, 2.05) is 6.07 Å². The zero-order valence-electron chi connectivity index (χ0n) is 9.90. The minimum atomic E-state index is -0.634. The summed E-state index contributed by atoms with van der Waals surface area (Å²) in [6.45, 7) is 1.75. The number of benzene rings is 1. The number of anilines is 1. The Balaban J connectivity index is 2.17. The number of hydrogen-bond donors (Lipinski definition) is 2. The molecule has 1 aliphatic heterocycles. The van der Waals surface area contributed by atoms with Crippen LogP contribution >= 0.6 is 0 Å². The van der Waals surface area contributed by atoms with E-state index in [0.29, 0.717) is 5.56 Å². The van der Waals surface area contributed by atoms with Gasteiger partial charge in [-0.05, 0) is 31.4 Å². The first-order valence-corrected chi connectivity index (χ1v) is 6.13. The summed E-state index contributed by atoms with van der Waals surface area (Å²) in [4.78, 5) is 2.20. The van der Waals surface area contributed by atoms with Gasteiger partial charge in [-0.1, -0.05) is 6.07 Å². The van der Waals surface area contributed by atoms with Crippen LogP contribution in [-0.4, -0.2) is 24.8 Å². The fraction of sp³-hybridized carbons (Fsp3) is 0.538. The highest BCUT2D eigenvalue weighted by atomic mass is 19.1. The van der Waals surface area contributed by atoms with Crippen LogP contribution in [0.15, 0.2) is 18.2 Å². The van der Waals surface area contributed by atoms with E-state index in [4.69, 9.17) is 10.8 Å². The largest absolute Gasteiger partial charge is 0.394 e. The molecule has 17 heavy (non-hydrogen) atoms. The molecule has 3 nitrogen and oxygen atoms in total. The number of aliphatic hydroxyl groups is 1. The maximum Gasteiger partial charge on any atom is 0.130 e. The third kappa shape index (κ3) is 2.76. The van der Waals surface area contributed by atoms with Gasteiger partial charge in [-0.2, -0.15) is 0 Å². The Bertz CT molecular complexity index is 378. The van der Waals surface area contributed by atoms with Crippen molar-refractivity contribution in [3.63, 3.8) is 0 Å². The van der Waals surface area contributed by atoms with E-state index in [9.17, 15) is 4.39 Å². The van der Waals surface area contributed by atoms with Crippen molar-refractivity contribution in [3.8, 4) is 0 Å². The lowest BCUT2D eigenvalue weighted by molar-refractivity contribution is 0.265. The molecule has 0 unspecified atom stereocenters. The van der Waals surface area contributed by atoms with Gasteiger partial charge in [0.1, 0.15) is 5.82 Å². The summed E-state index contributed by atoms with van der Waals surface area (Å²) in [5.74, 6) is -0.324. The van der Waals surface area contributed by atoms with Crippen molar-refractivity contribution in [2.45, 2.75) is 25.3 Å². The fourth-order valence-corrected chi connectivity index (χ4v) is 2.26. The molecule has 2 rings (SSSR count). The summed E-state index contributed by atoms with van der Waals surface area (Å²) in [7, 11) is 0. The number of aliphatic hydroxyl groups excluding tert-OH is 1. The van der Waals surface area contributed by atoms with Crippen LogP contribution in [0.25, 0.3) is 0 Å².